The van der Waals surface area contributed by atoms with E-state index in [-0.39, 0.29) is 6.04 Å². The lowest BCUT2D eigenvalue weighted by atomic mass is 9.68. The maximum atomic E-state index is 5.96. The summed E-state index contributed by atoms with van der Waals surface area (Å²) in [6.07, 6.45) is 11.7. The van der Waals surface area contributed by atoms with E-state index in [1.165, 1.54) is 58.0 Å². The number of nitrogens with two attached hydrogens (primary N) is 1. The average Bonchev–Trinajstić information content (AvgIpc) is 2.97. The van der Waals surface area contributed by atoms with Gasteiger partial charge in [0.2, 0.25) is 0 Å². The quantitative estimate of drug-likeness (QED) is 0.908. The fourth-order valence-electron chi connectivity index (χ4n) is 4.04. The molecule has 0 amide bonds. The Hall–Kier alpha value is -0.800. The lowest BCUT2D eigenvalue weighted by Gasteiger charge is -2.46. The lowest BCUT2D eigenvalue weighted by Crippen LogP contribution is -2.44. The van der Waals surface area contributed by atoms with Crippen LogP contribution < -0.4 is 5.73 Å². The molecule has 1 atom stereocenters. The van der Waals surface area contributed by atoms with Gasteiger partial charge in [0, 0.05) is 6.54 Å². The van der Waals surface area contributed by atoms with Gasteiger partial charge in [0.05, 0.1) is 12.3 Å². The van der Waals surface area contributed by atoms with Crippen molar-refractivity contribution in [2.75, 3.05) is 19.6 Å². The predicted octanol–water partition coefficient (Wildman–Crippen LogP) is 3.33. The van der Waals surface area contributed by atoms with Crippen molar-refractivity contribution >= 4 is 0 Å². The Bertz CT molecular complexity index is 371. The molecule has 1 aliphatic carbocycles. The Morgan fingerprint density at radius 2 is 1.89 bits per heavy atom. The Morgan fingerprint density at radius 3 is 2.47 bits per heavy atom. The minimum Gasteiger partial charge on any atom is -0.468 e. The molecule has 2 heterocycles. The summed E-state index contributed by atoms with van der Waals surface area (Å²) in [5.74, 6) is 1.03. The highest BCUT2D eigenvalue weighted by atomic mass is 16.3. The molecule has 2 fully saturated rings. The van der Waals surface area contributed by atoms with Crippen LogP contribution in [0.2, 0.25) is 0 Å². The molecule has 3 rings (SSSR count). The summed E-state index contributed by atoms with van der Waals surface area (Å²) in [7, 11) is 0. The average molecular weight is 262 g/mol. The van der Waals surface area contributed by atoms with Crippen LogP contribution in [0.1, 0.15) is 56.7 Å². The second-order valence-electron chi connectivity index (χ2n) is 6.36. The van der Waals surface area contributed by atoms with Crippen molar-refractivity contribution in [3.05, 3.63) is 24.2 Å². The molecule has 1 unspecified atom stereocenters. The number of hydrogen-bond donors (Lipinski definition) is 1. The largest absolute Gasteiger partial charge is 0.468 e. The van der Waals surface area contributed by atoms with E-state index in [1.54, 1.807) is 6.26 Å². The standard InChI is InChI=1S/C16H26N2O/c17-13-14(15-5-4-12-19-15)18-10-8-16(9-11-18)6-2-1-3-7-16/h4-5,12,14H,1-3,6-11,13,17H2. The van der Waals surface area contributed by atoms with E-state index in [1.807, 2.05) is 6.07 Å². The molecule has 2 aliphatic rings. The van der Waals surface area contributed by atoms with Crippen molar-refractivity contribution in [1.29, 1.82) is 0 Å². The third-order valence-electron chi connectivity index (χ3n) is 5.31. The van der Waals surface area contributed by atoms with Crippen LogP contribution in [0.4, 0.5) is 0 Å². The molecule has 1 saturated carbocycles. The van der Waals surface area contributed by atoms with Crippen LogP contribution in [0, 0.1) is 5.41 Å². The van der Waals surface area contributed by atoms with E-state index < -0.39 is 0 Å². The summed E-state index contributed by atoms with van der Waals surface area (Å²) in [6.45, 7) is 3.02. The molecule has 1 aromatic rings. The second-order valence-corrected chi connectivity index (χ2v) is 6.36. The van der Waals surface area contributed by atoms with Crippen LogP contribution >= 0.6 is 0 Å². The van der Waals surface area contributed by atoms with E-state index in [4.69, 9.17) is 10.2 Å². The van der Waals surface area contributed by atoms with Gasteiger partial charge in [0.15, 0.2) is 0 Å². The number of rotatable bonds is 3. The first-order chi connectivity index (χ1) is 9.33. The van der Waals surface area contributed by atoms with Gasteiger partial charge in [-0.25, -0.2) is 0 Å². The SMILES string of the molecule is NCC(c1ccco1)N1CCC2(CCCCC2)CC1. The fourth-order valence-corrected chi connectivity index (χ4v) is 4.04. The van der Waals surface area contributed by atoms with Crippen LogP contribution in [-0.2, 0) is 0 Å². The number of likely N-dealkylation sites (tertiary alicyclic amines) is 1. The van der Waals surface area contributed by atoms with Crippen LogP contribution in [0.5, 0.6) is 0 Å². The zero-order valence-corrected chi connectivity index (χ0v) is 11.8. The maximum absolute atomic E-state index is 5.96. The molecule has 1 saturated heterocycles. The maximum Gasteiger partial charge on any atom is 0.122 e. The third-order valence-corrected chi connectivity index (χ3v) is 5.31. The summed E-state index contributed by atoms with van der Waals surface area (Å²) >= 11 is 0. The molecule has 0 radical (unpaired) electrons. The second kappa shape index (κ2) is 5.68. The smallest absolute Gasteiger partial charge is 0.122 e. The molecule has 106 valence electrons. The molecular weight excluding hydrogens is 236 g/mol. The Morgan fingerprint density at radius 1 is 1.16 bits per heavy atom. The van der Waals surface area contributed by atoms with Gasteiger partial charge in [-0.2, -0.15) is 0 Å². The predicted molar refractivity (Wildman–Crippen MR) is 76.8 cm³/mol. The van der Waals surface area contributed by atoms with Crippen LogP contribution in [-0.4, -0.2) is 24.5 Å². The zero-order chi connectivity index (χ0) is 13.1. The Kier molecular flexibility index (Phi) is 3.94. The Balaban J connectivity index is 1.62. The van der Waals surface area contributed by atoms with Crippen LogP contribution in [0.3, 0.4) is 0 Å². The van der Waals surface area contributed by atoms with Gasteiger partial charge < -0.3 is 10.2 Å². The van der Waals surface area contributed by atoms with Gasteiger partial charge in [0.1, 0.15) is 5.76 Å². The van der Waals surface area contributed by atoms with E-state index in [0.29, 0.717) is 12.0 Å². The third kappa shape index (κ3) is 2.72. The Labute approximate surface area is 116 Å². The molecule has 1 spiro atoms. The van der Waals surface area contributed by atoms with Crippen molar-refractivity contribution in [3.8, 4) is 0 Å². The summed E-state index contributed by atoms with van der Waals surface area (Å²) in [4.78, 5) is 2.53. The summed E-state index contributed by atoms with van der Waals surface area (Å²) in [5, 5.41) is 0. The molecule has 0 aromatic carbocycles. The van der Waals surface area contributed by atoms with E-state index >= 15 is 0 Å². The first-order valence-corrected chi connectivity index (χ1v) is 7.81. The molecular formula is C16H26N2O. The van der Waals surface area contributed by atoms with Gasteiger partial charge >= 0.3 is 0 Å². The summed E-state index contributed by atoms with van der Waals surface area (Å²) < 4.78 is 5.56. The summed E-state index contributed by atoms with van der Waals surface area (Å²) in [6, 6.07) is 4.29. The van der Waals surface area contributed by atoms with E-state index in [9.17, 15) is 0 Å². The number of nitrogens with zero attached hydrogens (tertiary/aromatic N) is 1. The minimum atomic E-state index is 0.274. The number of furan rings is 1. The van der Waals surface area contributed by atoms with Crippen LogP contribution in [0.25, 0.3) is 0 Å². The van der Waals surface area contributed by atoms with Crippen molar-refractivity contribution in [1.82, 2.24) is 4.90 Å². The topological polar surface area (TPSA) is 42.4 Å². The number of hydrogen-bond acceptors (Lipinski definition) is 3. The molecule has 3 nitrogen and oxygen atoms in total. The van der Waals surface area contributed by atoms with Crippen molar-refractivity contribution in [2.45, 2.75) is 51.0 Å². The molecule has 1 aromatic heterocycles. The molecule has 0 bridgehead atoms. The lowest BCUT2D eigenvalue weighted by molar-refractivity contribution is 0.0413. The van der Waals surface area contributed by atoms with Gasteiger partial charge in [-0.15, -0.1) is 0 Å². The first-order valence-electron chi connectivity index (χ1n) is 7.81. The van der Waals surface area contributed by atoms with Crippen molar-refractivity contribution in [2.24, 2.45) is 11.1 Å². The molecule has 3 heteroatoms. The van der Waals surface area contributed by atoms with E-state index in [2.05, 4.69) is 11.0 Å². The van der Waals surface area contributed by atoms with Gasteiger partial charge in [0.25, 0.3) is 0 Å². The van der Waals surface area contributed by atoms with Gasteiger partial charge in [-0.1, -0.05) is 19.3 Å². The summed E-state index contributed by atoms with van der Waals surface area (Å²) in [5.41, 5.74) is 6.63. The van der Waals surface area contributed by atoms with Gasteiger partial charge in [-0.05, 0) is 56.3 Å². The van der Waals surface area contributed by atoms with Crippen LogP contribution in [0.15, 0.2) is 22.8 Å². The van der Waals surface area contributed by atoms with Crippen molar-refractivity contribution < 1.29 is 4.42 Å². The minimum absolute atomic E-state index is 0.274. The fraction of sp³-hybridized carbons (Fsp3) is 0.750. The molecule has 19 heavy (non-hydrogen) atoms. The first kappa shape index (κ1) is 13.2. The van der Waals surface area contributed by atoms with Gasteiger partial charge in [-0.3, -0.25) is 4.90 Å². The highest BCUT2D eigenvalue weighted by Crippen LogP contribution is 2.45. The van der Waals surface area contributed by atoms with Crippen molar-refractivity contribution in [3.63, 3.8) is 0 Å². The zero-order valence-electron chi connectivity index (χ0n) is 11.8. The highest BCUT2D eigenvalue weighted by molar-refractivity contribution is 5.06. The highest BCUT2D eigenvalue weighted by Gasteiger charge is 2.37. The number of piperidine rings is 1. The normalized spacial score (nSPS) is 25.5. The molecule has 2 N–H and O–H groups in total. The van der Waals surface area contributed by atoms with E-state index in [0.717, 1.165) is 5.76 Å². The monoisotopic (exact) mass is 262 g/mol. The molecule has 1 aliphatic heterocycles.